The summed E-state index contributed by atoms with van der Waals surface area (Å²) in [5, 5.41) is 8.17. The number of rotatable bonds is 4. The number of nitrogens with one attached hydrogen (secondary N) is 2. The Balaban J connectivity index is 2.32. The molecule has 1 aliphatic rings. The van der Waals surface area contributed by atoms with Gasteiger partial charge in [-0.25, -0.2) is 20.4 Å². The summed E-state index contributed by atoms with van der Waals surface area (Å²) in [6.45, 7) is 0. The predicted octanol–water partition coefficient (Wildman–Crippen LogP) is 0.883. The Morgan fingerprint density at radius 3 is 2.41 bits per heavy atom. The highest BCUT2D eigenvalue weighted by atomic mass is 16.2. The molecule has 0 radical (unpaired) electrons. The average Bonchev–Trinajstić information content (AvgIpc) is 2.94. The third-order valence-electron chi connectivity index (χ3n) is 3.32. The minimum Gasteiger partial charge on any atom is -0.350 e. The van der Waals surface area contributed by atoms with E-state index in [1.165, 1.54) is 0 Å². The monoisotopic (exact) mass is 302 g/mol. The van der Waals surface area contributed by atoms with E-state index in [0.29, 0.717) is 5.71 Å². The molecule has 1 aromatic carbocycles. The lowest BCUT2D eigenvalue weighted by Crippen LogP contribution is -2.31. The van der Waals surface area contributed by atoms with Crippen LogP contribution in [0.2, 0.25) is 0 Å². The molecule has 0 bridgehead atoms. The summed E-state index contributed by atoms with van der Waals surface area (Å²) in [6, 6.07) is 7.97. The van der Waals surface area contributed by atoms with Crippen molar-refractivity contribution in [2.24, 2.45) is 27.6 Å². The van der Waals surface area contributed by atoms with Crippen LogP contribution in [0.1, 0.15) is 24.8 Å². The Morgan fingerprint density at radius 2 is 1.77 bits per heavy atom. The summed E-state index contributed by atoms with van der Waals surface area (Å²) in [6.07, 6.45) is 2.45. The van der Waals surface area contributed by atoms with E-state index in [1.807, 2.05) is 30.3 Å². The van der Waals surface area contributed by atoms with Gasteiger partial charge in [-0.2, -0.15) is 10.2 Å². The van der Waals surface area contributed by atoms with Crippen LogP contribution in [-0.4, -0.2) is 23.5 Å². The van der Waals surface area contributed by atoms with Crippen LogP contribution < -0.4 is 22.3 Å². The number of hydrogen-bond donors (Lipinski definition) is 4. The van der Waals surface area contributed by atoms with Crippen molar-refractivity contribution in [2.75, 3.05) is 0 Å². The number of hydrazone groups is 2. The Kier molecular flexibility index (Phi) is 5.07. The molecule has 0 spiro atoms. The molecule has 8 nitrogen and oxygen atoms in total. The quantitative estimate of drug-likeness (QED) is 0.485. The summed E-state index contributed by atoms with van der Waals surface area (Å²) < 4.78 is 0. The van der Waals surface area contributed by atoms with Gasteiger partial charge in [-0.3, -0.25) is 0 Å². The predicted molar refractivity (Wildman–Crippen MR) is 83.2 cm³/mol. The van der Waals surface area contributed by atoms with Crippen molar-refractivity contribution in [1.82, 2.24) is 10.9 Å². The van der Waals surface area contributed by atoms with Crippen LogP contribution in [0.4, 0.5) is 9.59 Å². The lowest BCUT2D eigenvalue weighted by molar-refractivity contribution is 0.248. The molecule has 1 atom stereocenters. The molecule has 1 aliphatic carbocycles. The molecule has 0 aliphatic heterocycles. The number of primary amides is 2. The summed E-state index contributed by atoms with van der Waals surface area (Å²) in [4.78, 5) is 21.8. The first kappa shape index (κ1) is 15.5. The fourth-order valence-corrected chi connectivity index (χ4v) is 2.45. The van der Waals surface area contributed by atoms with Crippen LogP contribution in [0.5, 0.6) is 0 Å². The molecule has 1 unspecified atom stereocenters. The number of amides is 4. The lowest BCUT2D eigenvalue weighted by Gasteiger charge is -2.15. The van der Waals surface area contributed by atoms with Crippen molar-refractivity contribution < 1.29 is 9.59 Å². The maximum Gasteiger partial charge on any atom is 0.332 e. The summed E-state index contributed by atoms with van der Waals surface area (Å²) >= 11 is 0. The molecule has 22 heavy (non-hydrogen) atoms. The van der Waals surface area contributed by atoms with Gasteiger partial charge in [-0.15, -0.1) is 0 Å². The van der Waals surface area contributed by atoms with Gasteiger partial charge in [0.05, 0.1) is 5.71 Å². The Morgan fingerprint density at radius 1 is 1.09 bits per heavy atom. The fourth-order valence-electron chi connectivity index (χ4n) is 2.45. The molecule has 1 aromatic rings. The highest BCUT2D eigenvalue weighted by Crippen LogP contribution is 2.26. The second kappa shape index (κ2) is 7.21. The molecule has 116 valence electrons. The molecule has 0 heterocycles. The van der Waals surface area contributed by atoms with Crippen molar-refractivity contribution >= 4 is 23.5 Å². The zero-order valence-corrected chi connectivity index (χ0v) is 12.0. The van der Waals surface area contributed by atoms with Gasteiger partial charge in [-0.05, 0) is 24.8 Å². The lowest BCUT2D eigenvalue weighted by atomic mass is 9.94. The molecule has 4 amide bonds. The first-order chi connectivity index (χ1) is 10.6. The minimum absolute atomic E-state index is 0.110. The van der Waals surface area contributed by atoms with E-state index in [-0.39, 0.29) is 5.92 Å². The van der Waals surface area contributed by atoms with Crippen LogP contribution >= 0.6 is 0 Å². The van der Waals surface area contributed by atoms with Crippen LogP contribution in [0, 0.1) is 5.92 Å². The van der Waals surface area contributed by atoms with E-state index >= 15 is 0 Å². The molecular formula is C14H18N6O2. The normalized spacial score (nSPS) is 19.9. The van der Waals surface area contributed by atoms with Gasteiger partial charge in [0, 0.05) is 11.6 Å². The second-order valence-corrected chi connectivity index (χ2v) is 4.86. The van der Waals surface area contributed by atoms with Crippen molar-refractivity contribution in [2.45, 2.75) is 19.3 Å². The molecule has 2 rings (SSSR count). The average molecular weight is 302 g/mol. The SMILES string of the molecule is NC(=O)NN=C1CCCC1C(=NNC(N)=O)c1ccccc1. The number of urea groups is 2. The first-order valence-corrected chi connectivity index (χ1v) is 6.88. The van der Waals surface area contributed by atoms with Gasteiger partial charge in [-0.1, -0.05) is 30.3 Å². The van der Waals surface area contributed by atoms with Gasteiger partial charge in [0.25, 0.3) is 0 Å². The largest absolute Gasteiger partial charge is 0.350 e. The Labute approximate surface area is 127 Å². The van der Waals surface area contributed by atoms with E-state index in [9.17, 15) is 9.59 Å². The highest BCUT2D eigenvalue weighted by molar-refractivity contribution is 6.16. The van der Waals surface area contributed by atoms with Crippen LogP contribution in [0.25, 0.3) is 0 Å². The molecule has 1 saturated carbocycles. The van der Waals surface area contributed by atoms with E-state index in [4.69, 9.17) is 11.5 Å². The van der Waals surface area contributed by atoms with E-state index in [2.05, 4.69) is 21.1 Å². The molecule has 0 saturated heterocycles. The zero-order chi connectivity index (χ0) is 15.9. The molecular weight excluding hydrogens is 284 g/mol. The van der Waals surface area contributed by atoms with Crippen LogP contribution in [-0.2, 0) is 0 Å². The number of benzene rings is 1. The second-order valence-electron chi connectivity index (χ2n) is 4.86. The summed E-state index contributed by atoms with van der Waals surface area (Å²) in [5.74, 6) is -0.110. The maximum absolute atomic E-state index is 10.9. The van der Waals surface area contributed by atoms with E-state index in [1.54, 1.807) is 0 Å². The third-order valence-corrected chi connectivity index (χ3v) is 3.32. The van der Waals surface area contributed by atoms with Gasteiger partial charge < -0.3 is 11.5 Å². The molecule has 1 fully saturated rings. The topological polar surface area (TPSA) is 135 Å². The number of carbonyl (C=O) groups excluding carboxylic acids is 2. The van der Waals surface area contributed by atoms with Crippen LogP contribution in [0.15, 0.2) is 40.5 Å². The maximum atomic E-state index is 10.9. The Bertz CT molecular complexity index is 611. The third kappa shape index (κ3) is 4.05. The van der Waals surface area contributed by atoms with Crippen molar-refractivity contribution in [3.05, 3.63) is 35.9 Å². The number of hydrogen-bond acceptors (Lipinski definition) is 4. The van der Waals surface area contributed by atoms with Crippen LogP contribution in [0.3, 0.4) is 0 Å². The first-order valence-electron chi connectivity index (χ1n) is 6.88. The fraction of sp³-hybridized carbons (Fsp3) is 0.286. The van der Waals surface area contributed by atoms with Crippen molar-refractivity contribution in [3.8, 4) is 0 Å². The van der Waals surface area contributed by atoms with E-state index in [0.717, 1.165) is 30.5 Å². The van der Waals surface area contributed by atoms with Gasteiger partial charge in [0.2, 0.25) is 0 Å². The molecule has 0 aromatic heterocycles. The highest BCUT2D eigenvalue weighted by Gasteiger charge is 2.29. The van der Waals surface area contributed by atoms with Crippen molar-refractivity contribution in [1.29, 1.82) is 0 Å². The smallest absolute Gasteiger partial charge is 0.332 e. The Hall–Kier alpha value is -2.90. The number of nitrogens with two attached hydrogens (primary N) is 2. The summed E-state index contributed by atoms with van der Waals surface area (Å²) in [7, 11) is 0. The number of carbonyl (C=O) groups is 2. The van der Waals surface area contributed by atoms with Gasteiger partial charge in [0.15, 0.2) is 0 Å². The van der Waals surface area contributed by atoms with Gasteiger partial charge in [0.1, 0.15) is 0 Å². The van der Waals surface area contributed by atoms with Crippen molar-refractivity contribution in [3.63, 3.8) is 0 Å². The minimum atomic E-state index is -0.736. The van der Waals surface area contributed by atoms with Gasteiger partial charge >= 0.3 is 12.1 Å². The number of nitrogens with zero attached hydrogens (tertiary/aromatic N) is 2. The molecule has 6 N–H and O–H groups in total. The zero-order valence-electron chi connectivity index (χ0n) is 12.0. The van der Waals surface area contributed by atoms with E-state index < -0.39 is 12.1 Å². The molecule has 8 heteroatoms. The summed E-state index contributed by atoms with van der Waals surface area (Å²) in [5.41, 5.74) is 16.9. The standard InChI is InChI=1S/C14H18N6O2/c15-13(21)19-17-11-8-4-7-10(11)12(18-20-14(16)22)9-5-2-1-3-6-9/h1-3,5-6,10H,4,7-8H2,(H3,15,19,21)(H3,16,20,22).